The van der Waals surface area contributed by atoms with E-state index in [9.17, 15) is 9.18 Å². The number of benzene rings is 1. The Morgan fingerprint density at radius 3 is 2.56 bits per heavy atom. The first-order valence-electron chi connectivity index (χ1n) is 4.64. The number of aliphatic carboxylic acids is 1. The van der Waals surface area contributed by atoms with E-state index in [0.29, 0.717) is 0 Å². The Morgan fingerprint density at radius 1 is 1.50 bits per heavy atom. The summed E-state index contributed by atoms with van der Waals surface area (Å²) in [6.45, 7) is 2.99. The van der Waals surface area contributed by atoms with Crippen molar-refractivity contribution in [3.05, 3.63) is 28.5 Å². The lowest BCUT2D eigenvalue weighted by atomic mass is 9.86. The highest BCUT2D eigenvalue weighted by molar-refractivity contribution is 6.32. The number of hydrogen-bond donors (Lipinski definition) is 2. The second-order valence-electron chi connectivity index (χ2n) is 4.26. The predicted molar refractivity (Wildman–Crippen MR) is 58.2 cm³/mol. The SMILES string of the molecule is CC(C)(Cc1cc(Cl)c(O)cc1F)C(=O)O. The van der Waals surface area contributed by atoms with Crippen molar-refractivity contribution in [3.8, 4) is 5.75 Å². The highest BCUT2D eigenvalue weighted by Crippen LogP contribution is 2.30. The van der Waals surface area contributed by atoms with Crippen LogP contribution in [-0.2, 0) is 11.2 Å². The predicted octanol–water partition coefficient (Wildman–Crippen LogP) is 2.84. The zero-order valence-corrected chi connectivity index (χ0v) is 9.68. The molecule has 88 valence electrons. The Balaban J connectivity index is 3.07. The summed E-state index contributed by atoms with van der Waals surface area (Å²) in [4.78, 5) is 10.9. The monoisotopic (exact) mass is 246 g/mol. The van der Waals surface area contributed by atoms with E-state index in [4.69, 9.17) is 21.8 Å². The van der Waals surface area contributed by atoms with Gasteiger partial charge in [0.1, 0.15) is 11.6 Å². The van der Waals surface area contributed by atoms with E-state index >= 15 is 0 Å². The fourth-order valence-electron chi connectivity index (χ4n) is 1.26. The van der Waals surface area contributed by atoms with Crippen LogP contribution in [0.5, 0.6) is 5.75 Å². The molecule has 0 aliphatic heterocycles. The van der Waals surface area contributed by atoms with Gasteiger partial charge in [-0.2, -0.15) is 0 Å². The topological polar surface area (TPSA) is 57.5 Å². The first-order chi connectivity index (χ1) is 7.24. The molecule has 0 atom stereocenters. The summed E-state index contributed by atoms with van der Waals surface area (Å²) >= 11 is 5.63. The third-order valence-corrected chi connectivity index (χ3v) is 2.63. The first kappa shape index (κ1) is 12.8. The molecule has 5 heteroatoms. The molecule has 1 rings (SSSR count). The highest BCUT2D eigenvalue weighted by atomic mass is 35.5. The van der Waals surface area contributed by atoms with Crippen molar-refractivity contribution >= 4 is 17.6 Å². The van der Waals surface area contributed by atoms with Gasteiger partial charge in [0, 0.05) is 6.07 Å². The zero-order valence-electron chi connectivity index (χ0n) is 8.92. The maximum Gasteiger partial charge on any atom is 0.309 e. The summed E-state index contributed by atoms with van der Waals surface area (Å²) in [5, 5.41) is 18.1. The van der Waals surface area contributed by atoms with E-state index < -0.39 is 17.2 Å². The minimum atomic E-state index is -1.08. The maximum absolute atomic E-state index is 13.4. The second kappa shape index (κ2) is 4.29. The molecule has 0 spiro atoms. The number of phenols is 1. The van der Waals surface area contributed by atoms with Crippen LogP contribution in [0.3, 0.4) is 0 Å². The van der Waals surface area contributed by atoms with Crippen molar-refractivity contribution in [2.75, 3.05) is 0 Å². The van der Waals surface area contributed by atoms with Gasteiger partial charge in [0.05, 0.1) is 10.4 Å². The van der Waals surface area contributed by atoms with Crippen LogP contribution in [0.15, 0.2) is 12.1 Å². The van der Waals surface area contributed by atoms with Gasteiger partial charge in [-0.15, -0.1) is 0 Å². The zero-order chi connectivity index (χ0) is 12.5. The normalized spacial score (nSPS) is 11.5. The Bertz CT molecular complexity index is 429. The Morgan fingerprint density at radius 2 is 2.06 bits per heavy atom. The van der Waals surface area contributed by atoms with Crippen molar-refractivity contribution in [3.63, 3.8) is 0 Å². The number of aromatic hydroxyl groups is 1. The second-order valence-corrected chi connectivity index (χ2v) is 4.67. The lowest BCUT2D eigenvalue weighted by Crippen LogP contribution is -2.26. The largest absolute Gasteiger partial charge is 0.506 e. The summed E-state index contributed by atoms with van der Waals surface area (Å²) in [6.07, 6.45) is 0.00810. The lowest BCUT2D eigenvalue weighted by Gasteiger charge is -2.19. The third kappa shape index (κ3) is 2.64. The summed E-state index contributed by atoms with van der Waals surface area (Å²) in [5.74, 6) is -2.02. The van der Waals surface area contributed by atoms with Gasteiger partial charge >= 0.3 is 5.97 Å². The van der Waals surface area contributed by atoms with Crippen molar-refractivity contribution in [1.82, 2.24) is 0 Å². The van der Waals surface area contributed by atoms with E-state index in [1.807, 2.05) is 0 Å². The van der Waals surface area contributed by atoms with Crippen LogP contribution in [0, 0.1) is 11.2 Å². The van der Waals surface area contributed by atoms with Crippen LogP contribution in [0.1, 0.15) is 19.4 Å². The number of carbonyl (C=O) groups is 1. The van der Waals surface area contributed by atoms with E-state index in [2.05, 4.69) is 0 Å². The minimum absolute atomic E-state index is 0.00810. The standard InChI is InChI=1S/C11H12ClFO3/c1-11(2,10(15)16)5-6-3-7(12)9(14)4-8(6)13/h3-4,14H,5H2,1-2H3,(H,15,16). The molecule has 0 bridgehead atoms. The van der Waals surface area contributed by atoms with E-state index in [1.165, 1.54) is 19.9 Å². The smallest absolute Gasteiger partial charge is 0.309 e. The van der Waals surface area contributed by atoms with Crippen LogP contribution in [0.25, 0.3) is 0 Å². The molecule has 0 aromatic heterocycles. The van der Waals surface area contributed by atoms with Crippen LogP contribution in [0.2, 0.25) is 5.02 Å². The van der Waals surface area contributed by atoms with Crippen LogP contribution < -0.4 is 0 Å². The summed E-state index contributed by atoms with van der Waals surface area (Å²) in [6, 6.07) is 2.13. The van der Waals surface area contributed by atoms with E-state index in [-0.39, 0.29) is 22.8 Å². The fourth-order valence-corrected chi connectivity index (χ4v) is 1.45. The third-order valence-electron chi connectivity index (χ3n) is 2.33. The van der Waals surface area contributed by atoms with Crippen molar-refractivity contribution < 1.29 is 19.4 Å². The van der Waals surface area contributed by atoms with E-state index in [1.54, 1.807) is 0 Å². The van der Waals surface area contributed by atoms with Crippen molar-refractivity contribution in [2.45, 2.75) is 20.3 Å². The molecule has 1 aromatic rings. The molecule has 0 aliphatic carbocycles. The van der Waals surface area contributed by atoms with E-state index in [0.717, 1.165) is 6.07 Å². The lowest BCUT2D eigenvalue weighted by molar-refractivity contribution is -0.146. The van der Waals surface area contributed by atoms with Gasteiger partial charge in [0.2, 0.25) is 0 Å². The fraction of sp³-hybridized carbons (Fsp3) is 0.364. The molecule has 0 radical (unpaired) electrons. The molecular weight excluding hydrogens is 235 g/mol. The summed E-state index contributed by atoms with van der Waals surface area (Å²) in [7, 11) is 0. The van der Waals surface area contributed by atoms with Gasteiger partial charge < -0.3 is 10.2 Å². The average Bonchev–Trinajstić information content (AvgIpc) is 2.13. The molecule has 0 unspecified atom stereocenters. The quantitative estimate of drug-likeness (QED) is 0.862. The molecule has 0 heterocycles. The molecule has 0 amide bonds. The Kier molecular flexibility index (Phi) is 3.43. The molecule has 16 heavy (non-hydrogen) atoms. The van der Waals surface area contributed by atoms with Crippen molar-refractivity contribution in [1.29, 1.82) is 0 Å². The number of carboxylic acid groups (broad SMARTS) is 1. The van der Waals surface area contributed by atoms with Crippen molar-refractivity contribution in [2.24, 2.45) is 5.41 Å². The Hall–Kier alpha value is -1.29. The molecule has 1 aromatic carbocycles. The van der Waals surface area contributed by atoms with Gasteiger partial charge in [0.25, 0.3) is 0 Å². The highest BCUT2D eigenvalue weighted by Gasteiger charge is 2.28. The summed E-state index contributed by atoms with van der Waals surface area (Å²) < 4.78 is 13.4. The van der Waals surface area contributed by atoms with Gasteiger partial charge in [-0.25, -0.2) is 4.39 Å². The molecule has 0 saturated heterocycles. The first-order valence-corrected chi connectivity index (χ1v) is 5.02. The molecule has 0 fully saturated rings. The Labute approximate surface area is 97.5 Å². The van der Waals surface area contributed by atoms with Crippen LogP contribution in [-0.4, -0.2) is 16.2 Å². The molecular formula is C11H12ClFO3. The number of phenolic OH excluding ortho intramolecular Hbond substituents is 1. The minimum Gasteiger partial charge on any atom is -0.506 e. The molecule has 0 aliphatic rings. The van der Waals surface area contributed by atoms with Crippen LogP contribution >= 0.6 is 11.6 Å². The summed E-state index contributed by atoms with van der Waals surface area (Å²) in [5.41, 5.74) is -0.906. The number of rotatable bonds is 3. The van der Waals surface area contributed by atoms with Gasteiger partial charge in [-0.05, 0) is 31.9 Å². The number of carboxylic acids is 1. The van der Waals surface area contributed by atoms with Gasteiger partial charge in [0.15, 0.2) is 0 Å². The molecule has 0 saturated carbocycles. The van der Waals surface area contributed by atoms with Gasteiger partial charge in [-0.1, -0.05) is 11.6 Å². The number of halogens is 2. The maximum atomic E-state index is 13.4. The number of hydrogen-bond acceptors (Lipinski definition) is 2. The molecule has 2 N–H and O–H groups in total. The van der Waals surface area contributed by atoms with Crippen LogP contribution in [0.4, 0.5) is 4.39 Å². The molecule has 3 nitrogen and oxygen atoms in total. The average molecular weight is 247 g/mol. The van der Waals surface area contributed by atoms with Gasteiger partial charge in [-0.3, -0.25) is 4.79 Å².